The topological polar surface area (TPSA) is 92.1 Å². The first-order valence-electron chi connectivity index (χ1n) is 8.63. The third-order valence-corrected chi connectivity index (χ3v) is 5.27. The quantitative estimate of drug-likeness (QED) is 0.739. The van der Waals surface area contributed by atoms with Crippen molar-refractivity contribution in [2.24, 2.45) is 5.92 Å². The fourth-order valence-electron chi connectivity index (χ4n) is 2.19. The maximum Gasteiger partial charge on any atom is 0.312 e. The molecule has 0 spiro atoms. The molecule has 0 aliphatic rings. The lowest BCUT2D eigenvalue weighted by Gasteiger charge is -2.27. The van der Waals surface area contributed by atoms with Crippen LogP contribution in [0.3, 0.4) is 0 Å². The predicted octanol–water partition coefficient (Wildman–Crippen LogP) is 3.26. The van der Waals surface area contributed by atoms with E-state index in [4.69, 9.17) is 4.74 Å². The van der Waals surface area contributed by atoms with Gasteiger partial charge in [0, 0.05) is 10.9 Å². The molecule has 1 amide bonds. The second-order valence-electron chi connectivity index (χ2n) is 6.86. The number of hydrogen-bond donors (Lipinski definition) is 1. The van der Waals surface area contributed by atoms with Gasteiger partial charge < -0.3 is 10.1 Å². The van der Waals surface area contributed by atoms with E-state index in [9.17, 15) is 14.9 Å². The van der Waals surface area contributed by atoms with Crippen LogP contribution in [0.25, 0.3) is 10.6 Å². The van der Waals surface area contributed by atoms with E-state index in [-0.39, 0.29) is 12.3 Å². The molecule has 1 heterocycles. The Kier molecular flexibility index (Phi) is 6.70. The minimum atomic E-state index is -0.999. The standard InChI is InChI=1S/C20H23N3O3S/c1-13(2)20(4,12-21)23-17(24)10-26-18(25)9-16-11-27-19(22-16)15-7-5-14(3)6-8-15/h5-8,11,13H,9-10H2,1-4H3,(H,23,24)/t20-/m0/s1. The molecule has 6 nitrogen and oxygen atoms in total. The molecule has 142 valence electrons. The van der Waals surface area contributed by atoms with Gasteiger partial charge in [-0.25, -0.2) is 4.98 Å². The minimum Gasteiger partial charge on any atom is -0.455 e. The van der Waals surface area contributed by atoms with Crippen LogP contribution in [0.1, 0.15) is 32.0 Å². The van der Waals surface area contributed by atoms with E-state index in [0.29, 0.717) is 5.69 Å². The van der Waals surface area contributed by atoms with E-state index in [1.165, 1.54) is 16.9 Å². The van der Waals surface area contributed by atoms with Gasteiger partial charge in [0.2, 0.25) is 0 Å². The molecule has 0 aliphatic carbocycles. The summed E-state index contributed by atoms with van der Waals surface area (Å²) in [6.45, 7) is 6.91. The van der Waals surface area contributed by atoms with Crippen molar-refractivity contribution in [3.05, 3.63) is 40.9 Å². The summed E-state index contributed by atoms with van der Waals surface area (Å²) in [5, 5.41) is 14.4. The molecule has 7 heteroatoms. The molecule has 2 rings (SSSR count). The number of aromatic nitrogens is 1. The molecule has 0 unspecified atom stereocenters. The van der Waals surface area contributed by atoms with E-state index in [0.717, 1.165) is 10.6 Å². The lowest BCUT2D eigenvalue weighted by Crippen LogP contribution is -2.50. The number of thiazole rings is 1. The number of nitrogens with one attached hydrogen (secondary N) is 1. The number of amides is 1. The summed E-state index contributed by atoms with van der Waals surface area (Å²) in [6, 6.07) is 10.1. The van der Waals surface area contributed by atoms with Crippen LogP contribution in [0.5, 0.6) is 0 Å². The lowest BCUT2D eigenvalue weighted by molar-refractivity contribution is -0.148. The van der Waals surface area contributed by atoms with Gasteiger partial charge in [-0.3, -0.25) is 9.59 Å². The average molecular weight is 385 g/mol. The smallest absolute Gasteiger partial charge is 0.312 e. The first-order chi connectivity index (χ1) is 12.7. The third kappa shape index (κ3) is 5.63. The number of rotatable bonds is 7. The number of nitrogens with zero attached hydrogens (tertiary/aromatic N) is 2. The van der Waals surface area contributed by atoms with Gasteiger partial charge in [0.1, 0.15) is 10.5 Å². The van der Waals surface area contributed by atoms with Crippen LogP contribution in [-0.2, 0) is 20.7 Å². The SMILES string of the molecule is Cc1ccc(-c2nc(CC(=O)OCC(=O)N[C@@](C)(C#N)C(C)C)cs2)cc1. The Bertz CT molecular complexity index is 852. The van der Waals surface area contributed by atoms with Gasteiger partial charge in [0.15, 0.2) is 6.61 Å². The van der Waals surface area contributed by atoms with Gasteiger partial charge >= 0.3 is 5.97 Å². The molecule has 1 aromatic carbocycles. The third-order valence-electron chi connectivity index (χ3n) is 4.33. The van der Waals surface area contributed by atoms with Crippen LogP contribution in [0.15, 0.2) is 29.6 Å². The predicted molar refractivity (Wildman–Crippen MR) is 104 cm³/mol. The summed E-state index contributed by atoms with van der Waals surface area (Å²) in [7, 11) is 0. The molecule has 2 aromatic rings. The molecular formula is C20H23N3O3S. The van der Waals surface area contributed by atoms with Crippen molar-refractivity contribution in [3.63, 3.8) is 0 Å². The molecule has 27 heavy (non-hydrogen) atoms. The zero-order chi connectivity index (χ0) is 20.0. The highest BCUT2D eigenvalue weighted by Gasteiger charge is 2.30. The average Bonchev–Trinajstić information content (AvgIpc) is 3.08. The number of benzene rings is 1. The van der Waals surface area contributed by atoms with Crippen LogP contribution in [0, 0.1) is 24.2 Å². The van der Waals surface area contributed by atoms with Crippen LogP contribution in [0.2, 0.25) is 0 Å². The van der Waals surface area contributed by atoms with Crippen molar-refractivity contribution < 1.29 is 14.3 Å². The molecular weight excluding hydrogens is 362 g/mol. The summed E-state index contributed by atoms with van der Waals surface area (Å²) in [5.74, 6) is -1.11. The number of aryl methyl sites for hydroxylation is 1. The Balaban J connectivity index is 1.87. The fraction of sp³-hybridized carbons (Fsp3) is 0.400. The van der Waals surface area contributed by atoms with Crippen molar-refractivity contribution in [2.45, 2.75) is 39.7 Å². The highest BCUT2D eigenvalue weighted by atomic mass is 32.1. The highest BCUT2D eigenvalue weighted by molar-refractivity contribution is 7.13. The Hall–Kier alpha value is -2.72. The van der Waals surface area contributed by atoms with Crippen molar-refractivity contribution in [2.75, 3.05) is 6.61 Å². The zero-order valence-electron chi connectivity index (χ0n) is 15.9. The van der Waals surface area contributed by atoms with Crippen LogP contribution in [-0.4, -0.2) is 29.0 Å². The summed E-state index contributed by atoms with van der Waals surface area (Å²) >= 11 is 1.45. The molecule has 0 saturated carbocycles. The van der Waals surface area contributed by atoms with Gasteiger partial charge in [-0.2, -0.15) is 5.26 Å². The van der Waals surface area contributed by atoms with Crippen molar-refractivity contribution in [1.82, 2.24) is 10.3 Å². The number of hydrogen-bond acceptors (Lipinski definition) is 6. The van der Waals surface area contributed by atoms with Crippen LogP contribution in [0.4, 0.5) is 0 Å². The summed E-state index contributed by atoms with van der Waals surface area (Å²) < 4.78 is 5.01. The zero-order valence-corrected chi connectivity index (χ0v) is 16.7. The normalized spacial score (nSPS) is 12.9. The highest BCUT2D eigenvalue weighted by Crippen LogP contribution is 2.24. The van der Waals surface area contributed by atoms with Gasteiger partial charge in [-0.05, 0) is 19.8 Å². The second-order valence-corrected chi connectivity index (χ2v) is 7.72. The van der Waals surface area contributed by atoms with E-state index in [1.807, 2.05) is 50.4 Å². The Labute approximate surface area is 163 Å². The van der Waals surface area contributed by atoms with Gasteiger partial charge in [-0.1, -0.05) is 43.7 Å². The molecule has 1 atom stereocenters. The fourth-order valence-corrected chi connectivity index (χ4v) is 3.01. The Morgan fingerprint density at radius 3 is 2.59 bits per heavy atom. The van der Waals surface area contributed by atoms with Crippen LogP contribution < -0.4 is 5.32 Å². The van der Waals surface area contributed by atoms with Gasteiger partial charge in [-0.15, -0.1) is 11.3 Å². The van der Waals surface area contributed by atoms with Crippen LogP contribution >= 0.6 is 11.3 Å². The van der Waals surface area contributed by atoms with E-state index in [1.54, 1.807) is 6.92 Å². The molecule has 1 aromatic heterocycles. The first kappa shape index (κ1) is 20.6. The van der Waals surface area contributed by atoms with E-state index >= 15 is 0 Å². The largest absolute Gasteiger partial charge is 0.455 e. The van der Waals surface area contributed by atoms with Crippen molar-refractivity contribution in [1.29, 1.82) is 5.26 Å². The minimum absolute atomic E-state index is 0.00462. The lowest BCUT2D eigenvalue weighted by atomic mass is 9.90. The van der Waals surface area contributed by atoms with Gasteiger partial charge in [0.25, 0.3) is 5.91 Å². The summed E-state index contributed by atoms with van der Waals surface area (Å²) in [5.41, 5.74) is 1.77. The molecule has 0 aliphatic heterocycles. The maximum absolute atomic E-state index is 12.0. The monoisotopic (exact) mass is 385 g/mol. The molecule has 0 saturated heterocycles. The number of carbonyl (C=O) groups excluding carboxylic acids is 2. The number of ether oxygens (including phenoxy) is 1. The number of esters is 1. The first-order valence-corrected chi connectivity index (χ1v) is 9.51. The molecule has 0 bridgehead atoms. The van der Waals surface area contributed by atoms with E-state index in [2.05, 4.69) is 16.4 Å². The molecule has 0 radical (unpaired) electrons. The summed E-state index contributed by atoms with van der Waals surface area (Å²) in [6.07, 6.45) is -0.00462. The summed E-state index contributed by atoms with van der Waals surface area (Å²) in [4.78, 5) is 28.4. The number of nitriles is 1. The van der Waals surface area contributed by atoms with E-state index < -0.39 is 24.0 Å². The second kappa shape index (κ2) is 8.78. The van der Waals surface area contributed by atoms with Crippen molar-refractivity contribution >= 4 is 23.2 Å². The van der Waals surface area contributed by atoms with Crippen molar-refractivity contribution in [3.8, 4) is 16.6 Å². The molecule has 0 fully saturated rings. The Morgan fingerprint density at radius 2 is 2.00 bits per heavy atom. The number of carbonyl (C=O) groups is 2. The van der Waals surface area contributed by atoms with Gasteiger partial charge in [0.05, 0.1) is 18.2 Å². The molecule has 1 N–H and O–H groups in total. The maximum atomic E-state index is 12.0. The Morgan fingerprint density at radius 1 is 1.33 bits per heavy atom.